The van der Waals surface area contributed by atoms with Gasteiger partial charge in [-0.25, -0.2) is 9.97 Å². The zero-order valence-corrected chi connectivity index (χ0v) is 15.3. The Hall–Kier alpha value is -1.98. The maximum atomic E-state index is 12.7. The number of aromatic nitrogens is 2. The van der Waals surface area contributed by atoms with Crippen LogP contribution in [-0.4, -0.2) is 39.3 Å². The molecule has 2 saturated carbocycles. The van der Waals surface area contributed by atoms with Crippen LogP contribution in [0.1, 0.15) is 63.8 Å². The van der Waals surface area contributed by atoms with Gasteiger partial charge in [0, 0.05) is 37.3 Å². The Balaban J connectivity index is 1.38. The van der Waals surface area contributed by atoms with Gasteiger partial charge in [-0.2, -0.15) is 0 Å². The summed E-state index contributed by atoms with van der Waals surface area (Å²) in [6.07, 6.45) is 9.76. The average Bonchev–Trinajstić information content (AvgIpc) is 3.42. The second kappa shape index (κ2) is 7.33. The molecule has 0 radical (unpaired) electrons. The van der Waals surface area contributed by atoms with Gasteiger partial charge in [-0.05, 0) is 50.5 Å². The number of hydrogen-bond donors (Lipinski definition) is 0. The quantitative estimate of drug-likeness (QED) is 0.758. The third kappa shape index (κ3) is 3.74. The molecule has 140 valence electrons. The molecule has 0 spiro atoms. The number of carbonyl (C=O) groups is 2. The predicted octanol–water partition coefficient (Wildman–Crippen LogP) is 2.90. The third-order valence-electron chi connectivity index (χ3n) is 6.05. The molecule has 0 bridgehead atoms. The maximum absolute atomic E-state index is 12.7. The lowest BCUT2D eigenvalue weighted by Gasteiger charge is -2.33. The first-order valence-corrected chi connectivity index (χ1v) is 9.88. The van der Waals surface area contributed by atoms with E-state index in [4.69, 9.17) is 4.74 Å². The van der Waals surface area contributed by atoms with Gasteiger partial charge >= 0.3 is 5.97 Å². The highest BCUT2D eigenvalue weighted by Crippen LogP contribution is 2.43. The van der Waals surface area contributed by atoms with Crippen molar-refractivity contribution in [1.29, 1.82) is 0 Å². The summed E-state index contributed by atoms with van der Waals surface area (Å²) >= 11 is 0. The number of rotatable bonds is 5. The molecule has 26 heavy (non-hydrogen) atoms. The first-order chi connectivity index (χ1) is 12.6. The molecule has 2 atom stereocenters. The summed E-state index contributed by atoms with van der Waals surface area (Å²) in [6, 6.07) is 2.06. The highest BCUT2D eigenvalue weighted by atomic mass is 16.5. The Morgan fingerprint density at radius 1 is 1.15 bits per heavy atom. The van der Waals surface area contributed by atoms with Gasteiger partial charge in [0.15, 0.2) is 11.9 Å². The van der Waals surface area contributed by atoms with Crippen molar-refractivity contribution in [3.63, 3.8) is 0 Å². The fourth-order valence-electron chi connectivity index (χ4n) is 4.23. The number of carbonyl (C=O) groups excluding carboxylic acids is 2. The zero-order valence-electron chi connectivity index (χ0n) is 15.3. The summed E-state index contributed by atoms with van der Waals surface area (Å²) in [5, 5.41) is 0. The zero-order chi connectivity index (χ0) is 18.1. The average molecular weight is 357 g/mol. The Labute approximate surface area is 154 Å². The molecule has 1 aliphatic heterocycles. The molecule has 6 heteroatoms. The summed E-state index contributed by atoms with van der Waals surface area (Å²) in [5.74, 6) is 1.11. The lowest BCUT2D eigenvalue weighted by molar-refractivity contribution is -0.156. The number of likely N-dealkylation sites (tertiary alicyclic amines) is 1. The minimum absolute atomic E-state index is 0.102. The minimum atomic E-state index is -0.372. The lowest BCUT2D eigenvalue weighted by atomic mass is 9.87. The van der Waals surface area contributed by atoms with Crippen LogP contribution in [0.3, 0.4) is 0 Å². The van der Waals surface area contributed by atoms with Crippen molar-refractivity contribution in [3.8, 4) is 0 Å². The van der Waals surface area contributed by atoms with Gasteiger partial charge in [0.2, 0.25) is 5.91 Å². The fraction of sp³-hybridized carbons (Fsp3) is 0.700. The van der Waals surface area contributed by atoms with E-state index in [0.29, 0.717) is 24.3 Å². The molecule has 2 aliphatic carbocycles. The Bertz CT molecular complexity index is 654. The summed E-state index contributed by atoms with van der Waals surface area (Å²) in [5.41, 5.74) is 0. The maximum Gasteiger partial charge on any atom is 0.312 e. The Morgan fingerprint density at radius 2 is 1.85 bits per heavy atom. The van der Waals surface area contributed by atoms with Crippen LogP contribution in [-0.2, 0) is 14.3 Å². The van der Waals surface area contributed by atoms with E-state index >= 15 is 0 Å². The Morgan fingerprint density at radius 3 is 2.50 bits per heavy atom. The molecule has 3 aliphatic rings. The summed E-state index contributed by atoms with van der Waals surface area (Å²) < 4.78 is 5.80. The lowest BCUT2D eigenvalue weighted by Crippen LogP contribution is -2.39. The largest absolute Gasteiger partial charge is 0.454 e. The number of nitrogens with zero attached hydrogens (tertiary/aromatic N) is 3. The van der Waals surface area contributed by atoms with E-state index in [9.17, 15) is 9.59 Å². The summed E-state index contributed by atoms with van der Waals surface area (Å²) in [6.45, 7) is 2.77. The van der Waals surface area contributed by atoms with Crippen LogP contribution in [0.25, 0.3) is 0 Å². The van der Waals surface area contributed by atoms with Crippen LogP contribution in [0.5, 0.6) is 0 Å². The van der Waals surface area contributed by atoms with Gasteiger partial charge in [-0.15, -0.1) is 0 Å². The number of ether oxygens (including phenoxy) is 1. The monoisotopic (exact) mass is 357 g/mol. The van der Waals surface area contributed by atoms with Crippen LogP contribution >= 0.6 is 0 Å². The van der Waals surface area contributed by atoms with Crippen molar-refractivity contribution < 1.29 is 14.3 Å². The Kier molecular flexibility index (Phi) is 4.92. The molecule has 1 saturated heterocycles. The molecule has 1 aromatic rings. The first-order valence-electron chi connectivity index (χ1n) is 9.88. The smallest absolute Gasteiger partial charge is 0.312 e. The molecule has 1 amide bonds. The van der Waals surface area contributed by atoms with E-state index in [1.54, 1.807) is 18.5 Å². The van der Waals surface area contributed by atoms with Crippen molar-refractivity contribution in [2.75, 3.05) is 6.54 Å². The summed E-state index contributed by atoms with van der Waals surface area (Å²) in [4.78, 5) is 35.7. The van der Waals surface area contributed by atoms with Crippen molar-refractivity contribution >= 4 is 11.9 Å². The highest BCUT2D eigenvalue weighted by Gasteiger charge is 2.43. The number of amides is 1. The topological polar surface area (TPSA) is 72.4 Å². The second-order valence-corrected chi connectivity index (χ2v) is 8.16. The molecule has 2 heterocycles. The van der Waals surface area contributed by atoms with Gasteiger partial charge in [-0.3, -0.25) is 9.59 Å². The van der Waals surface area contributed by atoms with Crippen LogP contribution in [0, 0.1) is 17.8 Å². The molecule has 4 rings (SSSR count). The second-order valence-electron chi connectivity index (χ2n) is 8.16. The van der Waals surface area contributed by atoms with Crippen molar-refractivity contribution in [3.05, 3.63) is 24.3 Å². The van der Waals surface area contributed by atoms with Crippen molar-refractivity contribution in [1.82, 2.24) is 14.9 Å². The molecule has 0 N–H and O–H groups in total. The standard InChI is InChI=1S/C20H27N3O3/c1-13-3-7-16(8-4-13)23-12-15(11-17(23)24)20(25)26-18(14-5-6-14)19-21-9-2-10-22-19/h2,9-10,13-16,18H,3-8,11-12H2,1H3/t13?,15-,16?,18+/m0/s1. The molecule has 3 fully saturated rings. The van der Waals surface area contributed by atoms with Gasteiger partial charge < -0.3 is 9.64 Å². The SMILES string of the molecule is CC1CCC(N2C[C@@H](C(=O)O[C@@H](c3ncccn3)C3CC3)CC2=O)CC1. The minimum Gasteiger partial charge on any atom is -0.454 e. The molecular formula is C20H27N3O3. The third-order valence-corrected chi connectivity index (χ3v) is 6.05. The van der Waals surface area contributed by atoms with Crippen molar-refractivity contribution in [2.45, 2.75) is 64.0 Å². The normalized spacial score (nSPS) is 30.3. The molecule has 6 nitrogen and oxygen atoms in total. The summed E-state index contributed by atoms with van der Waals surface area (Å²) in [7, 11) is 0. The number of hydrogen-bond acceptors (Lipinski definition) is 5. The molecule has 1 aromatic heterocycles. The van der Waals surface area contributed by atoms with Crippen LogP contribution in [0.4, 0.5) is 0 Å². The molecule has 0 unspecified atom stereocenters. The van der Waals surface area contributed by atoms with E-state index in [2.05, 4.69) is 16.9 Å². The van der Waals surface area contributed by atoms with Gasteiger partial charge in [0.05, 0.1) is 5.92 Å². The first kappa shape index (κ1) is 17.4. The molecular weight excluding hydrogens is 330 g/mol. The van der Waals surface area contributed by atoms with Crippen LogP contribution in [0.2, 0.25) is 0 Å². The van der Waals surface area contributed by atoms with E-state index in [0.717, 1.165) is 31.6 Å². The fourth-order valence-corrected chi connectivity index (χ4v) is 4.23. The molecule has 0 aromatic carbocycles. The van der Waals surface area contributed by atoms with E-state index < -0.39 is 0 Å². The van der Waals surface area contributed by atoms with Crippen molar-refractivity contribution in [2.24, 2.45) is 17.8 Å². The van der Waals surface area contributed by atoms with E-state index in [-0.39, 0.29) is 30.3 Å². The number of esters is 1. The van der Waals surface area contributed by atoms with Gasteiger partial charge in [-0.1, -0.05) is 6.92 Å². The van der Waals surface area contributed by atoms with Crippen LogP contribution < -0.4 is 0 Å². The highest BCUT2D eigenvalue weighted by molar-refractivity contribution is 5.87. The van der Waals surface area contributed by atoms with Gasteiger partial charge in [0.1, 0.15) is 0 Å². The predicted molar refractivity (Wildman–Crippen MR) is 94.8 cm³/mol. The van der Waals surface area contributed by atoms with Gasteiger partial charge in [0.25, 0.3) is 0 Å². The van der Waals surface area contributed by atoms with Crippen LogP contribution in [0.15, 0.2) is 18.5 Å². The van der Waals surface area contributed by atoms with E-state index in [1.807, 2.05) is 4.90 Å². The van der Waals surface area contributed by atoms with E-state index in [1.165, 1.54) is 12.8 Å².